The Morgan fingerprint density at radius 2 is 1.92 bits per heavy atom. The molecule has 140 valence electrons. The number of carbonyl (C=O) groups is 1. The smallest absolute Gasteiger partial charge is 0.253 e. The van der Waals surface area contributed by atoms with Gasteiger partial charge >= 0.3 is 0 Å². The van der Waals surface area contributed by atoms with Crippen LogP contribution in [-0.4, -0.2) is 64.7 Å². The van der Waals surface area contributed by atoms with Gasteiger partial charge in [0.1, 0.15) is 0 Å². The summed E-state index contributed by atoms with van der Waals surface area (Å²) < 4.78 is 32.6. The second kappa shape index (κ2) is 8.95. The van der Waals surface area contributed by atoms with Crippen LogP contribution in [0.4, 0.5) is 0 Å². The Hall–Kier alpha value is -1.19. The molecule has 25 heavy (non-hydrogen) atoms. The molecule has 9 heteroatoms. The number of rotatable bonds is 5. The highest BCUT2D eigenvalue weighted by Gasteiger charge is 2.22. The van der Waals surface area contributed by atoms with Crippen molar-refractivity contribution < 1.29 is 17.9 Å². The van der Waals surface area contributed by atoms with Gasteiger partial charge < -0.3 is 15.0 Å². The van der Waals surface area contributed by atoms with Crippen molar-refractivity contribution in [2.45, 2.75) is 23.8 Å². The van der Waals surface area contributed by atoms with Gasteiger partial charge in [0.25, 0.3) is 5.91 Å². The summed E-state index contributed by atoms with van der Waals surface area (Å²) in [5.41, 5.74) is 0.509. The number of piperazine rings is 1. The fourth-order valence-corrected chi connectivity index (χ4v) is 3.98. The molecule has 0 aromatic heterocycles. The largest absolute Gasteiger partial charge is 0.377 e. The summed E-state index contributed by atoms with van der Waals surface area (Å²) in [6, 6.07) is 6.11. The number of hydrogen-bond acceptors (Lipinski definition) is 5. The standard InChI is InChI=1S/C16H23N3O4S.ClH/c20-16(19-9-7-17-8-10-19)13-3-5-15(6-4-13)24(21,22)18-12-14-2-1-11-23-14;/h3-6,14,17-18H,1-2,7-12H2;1H. The zero-order valence-corrected chi connectivity index (χ0v) is 15.6. The molecule has 0 aliphatic carbocycles. The molecule has 0 radical (unpaired) electrons. The topological polar surface area (TPSA) is 87.7 Å². The molecule has 0 bridgehead atoms. The molecule has 2 heterocycles. The Labute approximate surface area is 154 Å². The predicted molar refractivity (Wildman–Crippen MR) is 96.6 cm³/mol. The number of amides is 1. The van der Waals surface area contributed by atoms with E-state index in [2.05, 4.69) is 10.0 Å². The van der Waals surface area contributed by atoms with Gasteiger partial charge in [-0.2, -0.15) is 0 Å². The number of carbonyl (C=O) groups excluding carboxylic acids is 1. The highest BCUT2D eigenvalue weighted by Crippen LogP contribution is 2.15. The van der Waals surface area contributed by atoms with Gasteiger partial charge in [-0.1, -0.05) is 0 Å². The first-order chi connectivity index (χ1) is 11.6. The van der Waals surface area contributed by atoms with Crippen molar-refractivity contribution in [2.75, 3.05) is 39.3 Å². The molecule has 2 saturated heterocycles. The average molecular weight is 390 g/mol. The minimum Gasteiger partial charge on any atom is -0.377 e. The summed E-state index contributed by atoms with van der Waals surface area (Å²) in [4.78, 5) is 14.3. The van der Waals surface area contributed by atoms with Crippen LogP contribution < -0.4 is 10.0 Å². The normalized spacial score (nSPS) is 21.0. The molecule has 2 fully saturated rings. The summed E-state index contributed by atoms with van der Waals surface area (Å²) in [5, 5.41) is 3.20. The van der Waals surface area contributed by atoms with Crippen molar-refractivity contribution in [3.05, 3.63) is 29.8 Å². The second-order valence-corrected chi connectivity index (χ2v) is 7.82. The number of nitrogens with zero attached hydrogens (tertiary/aromatic N) is 1. The lowest BCUT2D eigenvalue weighted by atomic mass is 10.2. The molecule has 1 atom stereocenters. The van der Waals surface area contributed by atoms with Crippen molar-refractivity contribution in [1.29, 1.82) is 0 Å². The molecule has 7 nitrogen and oxygen atoms in total. The van der Waals surface area contributed by atoms with E-state index in [0.29, 0.717) is 25.3 Å². The Kier molecular flexibility index (Phi) is 7.21. The predicted octanol–water partition coefficient (Wildman–Crippen LogP) is 0.611. The fourth-order valence-electron chi connectivity index (χ4n) is 2.92. The maximum absolute atomic E-state index is 12.4. The summed E-state index contributed by atoms with van der Waals surface area (Å²) in [6.07, 6.45) is 1.80. The minimum atomic E-state index is -3.58. The number of benzene rings is 1. The third kappa shape index (κ3) is 5.15. The molecule has 2 aliphatic rings. The van der Waals surface area contributed by atoms with Gasteiger partial charge in [-0.25, -0.2) is 13.1 Å². The summed E-state index contributed by atoms with van der Waals surface area (Å²) in [5.74, 6) is -0.0623. The van der Waals surface area contributed by atoms with Crippen molar-refractivity contribution >= 4 is 28.3 Å². The SMILES string of the molecule is Cl.O=C(c1ccc(S(=O)(=O)NCC2CCCO2)cc1)N1CCNCC1. The van der Waals surface area contributed by atoms with Crippen LogP contribution in [0.1, 0.15) is 23.2 Å². The Morgan fingerprint density at radius 1 is 1.24 bits per heavy atom. The molecule has 1 unspecified atom stereocenters. The molecule has 1 aromatic carbocycles. The lowest BCUT2D eigenvalue weighted by Crippen LogP contribution is -2.46. The van der Waals surface area contributed by atoms with Gasteiger partial charge in [0.05, 0.1) is 11.0 Å². The van der Waals surface area contributed by atoms with Gasteiger partial charge in [0, 0.05) is 44.9 Å². The van der Waals surface area contributed by atoms with Crippen LogP contribution in [0.5, 0.6) is 0 Å². The van der Waals surface area contributed by atoms with E-state index in [9.17, 15) is 13.2 Å². The van der Waals surface area contributed by atoms with Gasteiger partial charge in [-0.15, -0.1) is 12.4 Å². The van der Waals surface area contributed by atoms with Crippen LogP contribution in [0.25, 0.3) is 0 Å². The summed E-state index contributed by atoms with van der Waals surface area (Å²) >= 11 is 0. The zero-order chi connectivity index (χ0) is 17.0. The second-order valence-electron chi connectivity index (χ2n) is 6.05. The van der Waals surface area contributed by atoms with Crippen molar-refractivity contribution in [1.82, 2.24) is 14.9 Å². The van der Waals surface area contributed by atoms with Crippen LogP contribution >= 0.6 is 12.4 Å². The first-order valence-corrected chi connectivity index (χ1v) is 9.76. The Morgan fingerprint density at radius 3 is 2.52 bits per heavy atom. The average Bonchev–Trinajstić information content (AvgIpc) is 3.14. The van der Waals surface area contributed by atoms with Gasteiger partial charge in [-0.3, -0.25) is 4.79 Å². The highest BCUT2D eigenvalue weighted by atomic mass is 35.5. The van der Waals surface area contributed by atoms with Crippen LogP contribution in [0.2, 0.25) is 0 Å². The maximum atomic E-state index is 12.4. The van der Waals surface area contributed by atoms with Crippen molar-refractivity contribution in [3.8, 4) is 0 Å². The molecular weight excluding hydrogens is 366 g/mol. The number of hydrogen-bond donors (Lipinski definition) is 2. The summed E-state index contributed by atoms with van der Waals surface area (Å²) in [7, 11) is -3.58. The molecule has 2 N–H and O–H groups in total. The molecule has 0 saturated carbocycles. The maximum Gasteiger partial charge on any atom is 0.253 e. The zero-order valence-electron chi connectivity index (χ0n) is 13.9. The lowest BCUT2D eigenvalue weighted by Gasteiger charge is -2.27. The van der Waals surface area contributed by atoms with Crippen LogP contribution in [0, 0.1) is 0 Å². The fraction of sp³-hybridized carbons (Fsp3) is 0.562. The van der Waals surface area contributed by atoms with E-state index in [-0.39, 0.29) is 35.9 Å². The first-order valence-electron chi connectivity index (χ1n) is 8.27. The monoisotopic (exact) mass is 389 g/mol. The molecule has 1 amide bonds. The molecule has 3 rings (SSSR count). The van der Waals surface area contributed by atoms with Crippen LogP contribution in [0.15, 0.2) is 29.2 Å². The van der Waals surface area contributed by atoms with Crippen molar-refractivity contribution in [2.24, 2.45) is 0 Å². The Balaban J connectivity index is 0.00000225. The van der Waals surface area contributed by atoms with E-state index in [1.807, 2.05) is 0 Å². The van der Waals surface area contributed by atoms with Gasteiger partial charge in [-0.05, 0) is 37.1 Å². The number of sulfonamides is 1. The van der Waals surface area contributed by atoms with E-state index in [1.165, 1.54) is 12.1 Å². The van der Waals surface area contributed by atoms with Gasteiger partial charge in [0.15, 0.2) is 0 Å². The van der Waals surface area contributed by atoms with E-state index in [1.54, 1.807) is 17.0 Å². The summed E-state index contributed by atoms with van der Waals surface area (Å²) in [6.45, 7) is 3.87. The van der Waals surface area contributed by atoms with E-state index >= 15 is 0 Å². The molecule has 1 aromatic rings. The Bertz CT molecular complexity index is 669. The molecule has 2 aliphatic heterocycles. The minimum absolute atomic E-state index is 0. The van der Waals surface area contributed by atoms with E-state index < -0.39 is 10.0 Å². The molecule has 0 spiro atoms. The number of halogens is 1. The molecular formula is C16H24ClN3O4S. The number of ether oxygens (including phenoxy) is 1. The third-order valence-electron chi connectivity index (χ3n) is 4.34. The third-order valence-corrected chi connectivity index (χ3v) is 5.78. The van der Waals surface area contributed by atoms with E-state index in [0.717, 1.165) is 25.9 Å². The lowest BCUT2D eigenvalue weighted by molar-refractivity contribution is 0.0735. The van der Waals surface area contributed by atoms with Crippen LogP contribution in [-0.2, 0) is 14.8 Å². The van der Waals surface area contributed by atoms with Crippen molar-refractivity contribution in [3.63, 3.8) is 0 Å². The van der Waals surface area contributed by atoms with Crippen LogP contribution in [0.3, 0.4) is 0 Å². The van der Waals surface area contributed by atoms with E-state index in [4.69, 9.17) is 4.74 Å². The highest BCUT2D eigenvalue weighted by molar-refractivity contribution is 7.89. The quantitative estimate of drug-likeness (QED) is 0.770. The van der Waals surface area contributed by atoms with Gasteiger partial charge in [0.2, 0.25) is 10.0 Å². The number of nitrogens with one attached hydrogen (secondary N) is 2. The first kappa shape index (κ1) is 20.1.